The van der Waals surface area contributed by atoms with Crippen LogP contribution in [0.2, 0.25) is 0 Å². The Bertz CT molecular complexity index is 273. The van der Waals surface area contributed by atoms with Crippen LogP contribution in [0.25, 0.3) is 0 Å². The molecule has 4 nitrogen and oxygen atoms in total. The standard InChI is InChI=1S/C7H8N2O2/c1-8-7-4-5(10)2-3-6(7)9-11/h2-4,8,10H,1H3. The van der Waals surface area contributed by atoms with Gasteiger partial charge in [-0.3, -0.25) is 0 Å². The Kier molecular flexibility index (Phi) is 2.06. The number of nitrogens with zero attached hydrogens (tertiary/aromatic N) is 1. The quantitative estimate of drug-likeness (QED) is 0.635. The lowest BCUT2D eigenvalue weighted by molar-refractivity contribution is 0.475. The fourth-order valence-electron chi connectivity index (χ4n) is 0.804. The van der Waals surface area contributed by atoms with Crippen LogP contribution in [0.15, 0.2) is 23.4 Å². The van der Waals surface area contributed by atoms with E-state index in [1.54, 1.807) is 7.05 Å². The van der Waals surface area contributed by atoms with E-state index in [1.807, 2.05) is 0 Å². The molecule has 0 radical (unpaired) electrons. The van der Waals surface area contributed by atoms with Crippen LogP contribution in [-0.4, -0.2) is 12.2 Å². The minimum atomic E-state index is 0.113. The summed E-state index contributed by atoms with van der Waals surface area (Å²) in [6.45, 7) is 0. The van der Waals surface area contributed by atoms with Crippen molar-refractivity contribution >= 4 is 11.4 Å². The average Bonchev–Trinajstić information content (AvgIpc) is 2.04. The van der Waals surface area contributed by atoms with Crippen molar-refractivity contribution in [2.75, 3.05) is 12.4 Å². The number of phenols is 1. The molecule has 0 aliphatic heterocycles. The number of nitroso groups, excluding NO2 is 1. The molecule has 0 saturated heterocycles. The van der Waals surface area contributed by atoms with Gasteiger partial charge in [0.15, 0.2) is 0 Å². The lowest BCUT2D eigenvalue weighted by Gasteiger charge is -2.01. The number of hydrogen-bond donors (Lipinski definition) is 2. The van der Waals surface area contributed by atoms with Gasteiger partial charge in [-0.05, 0) is 17.3 Å². The highest BCUT2D eigenvalue weighted by atomic mass is 16.3. The molecule has 1 aromatic rings. The van der Waals surface area contributed by atoms with Crippen molar-refractivity contribution in [2.24, 2.45) is 5.18 Å². The SMILES string of the molecule is CNc1cc(O)ccc1N=O. The van der Waals surface area contributed by atoms with Crippen molar-refractivity contribution in [3.05, 3.63) is 23.1 Å². The smallest absolute Gasteiger partial charge is 0.131 e. The summed E-state index contributed by atoms with van der Waals surface area (Å²) < 4.78 is 0. The zero-order valence-corrected chi connectivity index (χ0v) is 6.03. The maximum atomic E-state index is 10.1. The van der Waals surface area contributed by atoms with Crippen LogP contribution in [0, 0.1) is 4.91 Å². The predicted molar refractivity (Wildman–Crippen MR) is 43.1 cm³/mol. The van der Waals surface area contributed by atoms with Gasteiger partial charge in [-0.1, -0.05) is 0 Å². The molecule has 2 N–H and O–H groups in total. The van der Waals surface area contributed by atoms with Gasteiger partial charge >= 0.3 is 0 Å². The summed E-state index contributed by atoms with van der Waals surface area (Å²) in [6, 6.07) is 4.31. The number of hydrogen-bond acceptors (Lipinski definition) is 4. The van der Waals surface area contributed by atoms with E-state index in [-0.39, 0.29) is 5.75 Å². The molecule has 0 amide bonds. The third-order valence-electron chi connectivity index (χ3n) is 1.35. The van der Waals surface area contributed by atoms with Gasteiger partial charge in [-0.2, -0.15) is 0 Å². The highest BCUT2D eigenvalue weighted by Gasteiger charge is 2.00. The highest BCUT2D eigenvalue weighted by molar-refractivity contribution is 5.66. The monoisotopic (exact) mass is 152 g/mol. The molecule has 0 aliphatic rings. The Morgan fingerprint density at radius 3 is 2.82 bits per heavy atom. The van der Waals surface area contributed by atoms with Gasteiger partial charge in [0, 0.05) is 13.1 Å². The summed E-state index contributed by atoms with van der Waals surface area (Å²) in [6.07, 6.45) is 0. The lowest BCUT2D eigenvalue weighted by atomic mass is 10.2. The lowest BCUT2D eigenvalue weighted by Crippen LogP contribution is -1.87. The summed E-state index contributed by atoms with van der Waals surface area (Å²) >= 11 is 0. The first-order chi connectivity index (χ1) is 5.27. The van der Waals surface area contributed by atoms with Gasteiger partial charge in [-0.25, -0.2) is 0 Å². The van der Waals surface area contributed by atoms with E-state index in [9.17, 15) is 4.91 Å². The first-order valence-electron chi connectivity index (χ1n) is 3.12. The van der Waals surface area contributed by atoms with Gasteiger partial charge in [0.1, 0.15) is 11.4 Å². The summed E-state index contributed by atoms with van der Waals surface area (Å²) in [5.41, 5.74) is 0.824. The van der Waals surface area contributed by atoms with Gasteiger partial charge in [0.05, 0.1) is 5.69 Å². The number of anilines is 1. The molecule has 0 bridgehead atoms. The van der Waals surface area contributed by atoms with E-state index < -0.39 is 0 Å². The molecule has 0 spiro atoms. The Labute approximate surface area is 63.8 Å². The second-order valence-electron chi connectivity index (χ2n) is 2.04. The van der Waals surface area contributed by atoms with Crippen molar-refractivity contribution in [1.29, 1.82) is 0 Å². The molecule has 0 saturated carbocycles. The Hall–Kier alpha value is -1.58. The molecule has 0 atom stereocenters. The average molecular weight is 152 g/mol. The third-order valence-corrected chi connectivity index (χ3v) is 1.35. The van der Waals surface area contributed by atoms with Crippen molar-refractivity contribution in [2.45, 2.75) is 0 Å². The molecular weight excluding hydrogens is 144 g/mol. The number of rotatable bonds is 2. The topological polar surface area (TPSA) is 61.7 Å². The zero-order chi connectivity index (χ0) is 8.27. The van der Waals surface area contributed by atoms with E-state index in [0.717, 1.165) is 0 Å². The van der Waals surface area contributed by atoms with E-state index in [1.165, 1.54) is 18.2 Å². The number of phenolic OH excluding ortho intramolecular Hbond substituents is 1. The minimum Gasteiger partial charge on any atom is -0.508 e. The largest absolute Gasteiger partial charge is 0.508 e. The molecule has 1 rings (SSSR count). The minimum absolute atomic E-state index is 0.113. The van der Waals surface area contributed by atoms with Gasteiger partial charge in [0.2, 0.25) is 0 Å². The molecular formula is C7H8N2O2. The van der Waals surface area contributed by atoms with Crippen molar-refractivity contribution < 1.29 is 5.11 Å². The number of benzene rings is 1. The summed E-state index contributed by atoms with van der Waals surface area (Å²) in [4.78, 5) is 10.1. The van der Waals surface area contributed by atoms with E-state index in [4.69, 9.17) is 5.11 Å². The Morgan fingerprint density at radius 2 is 2.27 bits per heavy atom. The molecule has 4 heteroatoms. The molecule has 0 heterocycles. The van der Waals surface area contributed by atoms with Crippen LogP contribution >= 0.6 is 0 Å². The predicted octanol–water partition coefficient (Wildman–Crippen LogP) is 1.83. The molecule has 0 aromatic heterocycles. The Balaban J connectivity index is 3.16. The molecule has 58 valence electrons. The zero-order valence-electron chi connectivity index (χ0n) is 6.03. The van der Waals surface area contributed by atoms with E-state index >= 15 is 0 Å². The maximum absolute atomic E-state index is 10.1. The fourth-order valence-corrected chi connectivity index (χ4v) is 0.804. The number of aromatic hydroxyl groups is 1. The van der Waals surface area contributed by atoms with Gasteiger partial charge in [0.25, 0.3) is 0 Å². The molecule has 0 aliphatic carbocycles. The van der Waals surface area contributed by atoms with Gasteiger partial charge < -0.3 is 10.4 Å². The number of nitrogens with one attached hydrogen (secondary N) is 1. The van der Waals surface area contributed by atoms with Gasteiger partial charge in [-0.15, -0.1) is 4.91 Å². The molecule has 0 fully saturated rings. The van der Waals surface area contributed by atoms with E-state index in [0.29, 0.717) is 11.4 Å². The van der Waals surface area contributed by atoms with Crippen molar-refractivity contribution in [1.82, 2.24) is 0 Å². The van der Waals surface area contributed by atoms with Crippen LogP contribution in [0.4, 0.5) is 11.4 Å². The first-order valence-corrected chi connectivity index (χ1v) is 3.12. The second kappa shape index (κ2) is 3.01. The van der Waals surface area contributed by atoms with Crippen molar-refractivity contribution in [3.8, 4) is 5.75 Å². The second-order valence-corrected chi connectivity index (χ2v) is 2.04. The van der Waals surface area contributed by atoms with Crippen LogP contribution in [0.1, 0.15) is 0 Å². The maximum Gasteiger partial charge on any atom is 0.131 e. The molecule has 1 aromatic carbocycles. The first kappa shape index (κ1) is 7.53. The summed E-state index contributed by atoms with van der Waals surface area (Å²) in [5, 5.41) is 14.5. The summed E-state index contributed by atoms with van der Waals surface area (Å²) in [5.74, 6) is 0.113. The van der Waals surface area contributed by atoms with Crippen molar-refractivity contribution in [3.63, 3.8) is 0 Å². The normalized spacial score (nSPS) is 9.18. The highest BCUT2D eigenvalue weighted by Crippen LogP contribution is 2.27. The summed E-state index contributed by atoms with van der Waals surface area (Å²) in [7, 11) is 1.66. The Morgan fingerprint density at radius 1 is 1.55 bits per heavy atom. The third kappa shape index (κ3) is 1.46. The fraction of sp³-hybridized carbons (Fsp3) is 0.143. The molecule has 0 unspecified atom stereocenters. The molecule has 11 heavy (non-hydrogen) atoms. The van der Waals surface area contributed by atoms with E-state index in [2.05, 4.69) is 10.5 Å². The van der Waals surface area contributed by atoms with Crippen LogP contribution in [-0.2, 0) is 0 Å². The van der Waals surface area contributed by atoms with Crippen LogP contribution in [0.5, 0.6) is 5.75 Å². The van der Waals surface area contributed by atoms with Crippen LogP contribution < -0.4 is 5.32 Å². The van der Waals surface area contributed by atoms with Crippen LogP contribution in [0.3, 0.4) is 0 Å².